The lowest BCUT2D eigenvalue weighted by molar-refractivity contribution is 0.496. The van der Waals surface area contributed by atoms with Crippen molar-refractivity contribution in [3.63, 3.8) is 0 Å². The van der Waals surface area contributed by atoms with Crippen LogP contribution in [-0.2, 0) is 12.8 Å². The topological polar surface area (TPSA) is 0 Å². The summed E-state index contributed by atoms with van der Waals surface area (Å²) >= 11 is 0. The fourth-order valence-electron chi connectivity index (χ4n) is 3.97. The van der Waals surface area contributed by atoms with Crippen LogP contribution in [0.4, 0.5) is 17.6 Å². The summed E-state index contributed by atoms with van der Waals surface area (Å²) in [5.41, 5.74) is 2.58. The first-order valence-corrected chi connectivity index (χ1v) is 9.61. The first kappa shape index (κ1) is 19.4. The van der Waals surface area contributed by atoms with Crippen molar-refractivity contribution in [1.82, 2.24) is 0 Å². The molecule has 0 amide bonds. The van der Waals surface area contributed by atoms with Crippen LogP contribution in [0.25, 0.3) is 22.3 Å². The lowest BCUT2D eigenvalue weighted by Crippen LogP contribution is -2.00. The minimum Gasteiger partial charge on any atom is -0.203 e. The highest BCUT2D eigenvalue weighted by Gasteiger charge is 2.31. The molecular formula is C25H20F4. The van der Waals surface area contributed by atoms with Crippen molar-refractivity contribution in [3.8, 4) is 22.3 Å². The van der Waals surface area contributed by atoms with Crippen LogP contribution in [0.2, 0.25) is 0 Å². The maximum atomic E-state index is 15.0. The van der Waals surface area contributed by atoms with Gasteiger partial charge in [-0.05, 0) is 61.4 Å². The summed E-state index contributed by atoms with van der Waals surface area (Å²) in [4.78, 5) is 0. The second-order valence-electron chi connectivity index (χ2n) is 7.43. The van der Waals surface area contributed by atoms with Crippen LogP contribution in [0.3, 0.4) is 0 Å². The fourth-order valence-corrected chi connectivity index (χ4v) is 3.97. The molecule has 0 heterocycles. The number of fused-ring (bicyclic) bond motifs is 3. The van der Waals surface area contributed by atoms with E-state index in [2.05, 4.69) is 0 Å². The van der Waals surface area contributed by atoms with E-state index in [0.29, 0.717) is 29.5 Å². The normalized spacial score (nSPS) is 12.5. The molecule has 0 atom stereocenters. The Kier molecular flexibility index (Phi) is 5.03. The van der Waals surface area contributed by atoms with Crippen molar-refractivity contribution >= 4 is 0 Å². The third kappa shape index (κ3) is 3.27. The van der Waals surface area contributed by atoms with Crippen LogP contribution in [-0.4, -0.2) is 0 Å². The molecule has 0 radical (unpaired) electrons. The molecule has 4 heteroatoms. The van der Waals surface area contributed by atoms with Gasteiger partial charge in [0.25, 0.3) is 0 Å². The predicted octanol–water partition coefficient (Wildman–Crippen LogP) is 7.30. The Morgan fingerprint density at radius 1 is 0.828 bits per heavy atom. The largest absolute Gasteiger partial charge is 0.203 e. The van der Waals surface area contributed by atoms with Crippen molar-refractivity contribution in [3.05, 3.63) is 94.1 Å². The lowest BCUT2D eigenvalue weighted by Gasteiger charge is -2.12. The molecule has 0 spiro atoms. The van der Waals surface area contributed by atoms with E-state index in [-0.39, 0.29) is 28.7 Å². The van der Waals surface area contributed by atoms with Gasteiger partial charge in [0.05, 0.1) is 0 Å². The van der Waals surface area contributed by atoms with E-state index >= 15 is 0 Å². The zero-order chi connectivity index (χ0) is 20.7. The van der Waals surface area contributed by atoms with E-state index in [4.69, 9.17) is 0 Å². The molecular weight excluding hydrogens is 376 g/mol. The Balaban J connectivity index is 1.83. The van der Waals surface area contributed by atoms with Gasteiger partial charge in [-0.3, -0.25) is 0 Å². The lowest BCUT2D eigenvalue weighted by atomic mass is 9.96. The predicted molar refractivity (Wildman–Crippen MR) is 108 cm³/mol. The quantitative estimate of drug-likeness (QED) is 0.251. The molecule has 148 valence electrons. The second-order valence-corrected chi connectivity index (χ2v) is 7.43. The molecule has 1 aliphatic rings. The van der Waals surface area contributed by atoms with Gasteiger partial charge in [0.2, 0.25) is 0 Å². The Morgan fingerprint density at radius 2 is 1.45 bits per heavy atom. The molecule has 0 saturated carbocycles. The molecule has 0 bridgehead atoms. The van der Waals surface area contributed by atoms with E-state index in [9.17, 15) is 17.6 Å². The Hall–Kier alpha value is -2.88. The highest BCUT2D eigenvalue weighted by Crippen LogP contribution is 2.44. The van der Waals surface area contributed by atoms with Crippen LogP contribution in [0.1, 0.15) is 35.6 Å². The molecule has 29 heavy (non-hydrogen) atoms. The smallest absolute Gasteiger partial charge is 0.167 e. The third-order valence-electron chi connectivity index (χ3n) is 5.46. The summed E-state index contributed by atoms with van der Waals surface area (Å²) in [5, 5.41) is 0. The van der Waals surface area contributed by atoms with Gasteiger partial charge in [-0.15, -0.1) is 0 Å². The van der Waals surface area contributed by atoms with Gasteiger partial charge >= 0.3 is 0 Å². The molecule has 0 fully saturated rings. The van der Waals surface area contributed by atoms with Crippen LogP contribution in [0.15, 0.2) is 48.6 Å². The molecule has 0 saturated heterocycles. The van der Waals surface area contributed by atoms with Gasteiger partial charge in [-0.25, -0.2) is 17.6 Å². The Morgan fingerprint density at radius 3 is 2.10 bits per heavy atom. The number of benzene rings is 3. The summed E-state index contributed by atoms with van der Waals surface area (Å²) in [6.07, 6.45) is 4.90. The molecule has 0 aliphatic heterocycles. The SMILES string of the molecule is C/C=C/CCc1cc2c(c(F)c1F)-c1c(cc(-c3ccc(C)cc3)c(F)c1F)C2. The summed E-state index contributed by atoms with van der Waals surface area (Å²) in [5.74, 6) is -4.25. The zero-order valence-electron chi connectivity index (χ0n) is 16.3. The van der Waals surface area contributed by atoms with Crippen LogP contribution in [0, 0.1) is 30.2 Å². The number of hydrogen-bond acceptors (Lipinski definition) is 0. The Bertz CT molecular complexity index is 1130. The molecule has 0 unspecified atom stereocenters. The minimum absolute atomic E-state index is 0.128. The highest BCUT2D eigenvalue weighted by atomic mass is 19.2. The van der Waals surface area contributed by atoms with Crippen LogP contribution in [0.5, 0.6) is 0 Å². The van der Waals surface area contributed by atoms with Crippen LogP contribution >= 0.6 is 0 Å². The number of rotatable bonds is 4. The molecule has 0 aromatic heterocycles. The highest BCUT2D eigenvalue weighted by molar-refractivity contribution is 5.82. The number of hydrogen-bond donors (Lipinski definition) is 0. The van der Waals surface area contributed by atoms with Gasteiger partial charge in [-0.1, -0.05) is 48.0 Å². The molecule has 0 nitrogen and oxygen atoms in total. The van der Waals surface area contributed by atoms with Gasteiger partial charge in [-0.2, -0.15) is 0 Å². The Labute approximate surface area is 167 Å². The van der Waals surface area contributed by atoms with Crippen molar-refractivity contribution in [2.24, 2.45) is 0 Å². The van der Waals surface area contributed by atoms with E-state index < -0.39 is 23.3 Å². The van der Waals surface area contributed by atoms with E-state index in [1.807, 2.05) is 38.1 Å². The fraction of sp³-hybridized carbons (Fsp3) is 0.200. The van der Waals surface area contributed by atoms with Crippen molar-refractivity contribution in [1.29, 1.82) is 0 Å². The average Bonchev–Trinajstić information content (AvgIpc) is 3.08. The maximum absolute atomic E-state index is 15.0. The zero-order valence-corrected chi connectivity index (χ0v) is 16.3. The van der Waals surface area contributed by atoms with Crippen molar-refractivity contribution < 1.29 is 17.6 Å². The monoisotopic (exact) mass is 396 g/mol. The van der Waals surface area contributed by atoms with E-state index in [1.165, 1.54) is 0 Å². The maximum Gasteiger partial charge on any atom is 0.167 e. The first-order chi connectivity index (χ1) is 13.9. The summed E-state index contributed by atoms with van der Waals surface area (Å²) in [6, 6.07) is 10.2. The molecule has 1 aliphatic carbocycles. The summed E-state index contributed by atoms with van der Waals surface area (Å²) in [6.45, 7) is 3.77. The van der Waals surface area contributed by atoms with Crippen molar-refractivity contribution in [2.45, 2.75) is 33.1 Å². The number of allylic oxidation sites excluding steroid dienone is 2. The van der Waals surface area contributed by atoms with Gasteiger partial charge < -0.3 is 0 Å². The number of aryl methyl sites for hydroxylation is 2. The molecule has 4 rings (SSSR count). The second kappa shape index (κ2) is 7.51. The van der Waals surface area contributed by atoms with Crippen LogP contribution < -0.4 is 0 Å². The average molecular weight is 396 g/mol. The standard InChI is InChI=1S/C25H20F4/c1-3-4-5-6-16-11-17-12-18-13-19(15-9-7-14(2)8-10-15)23(27)25(29)21(18)20(17)24(28)22(16)26/h3-4,7-11,13H,5-6,12H2,1-2H3/b4-3+. The molecule has 3 aromatic rings. The summed E-state index contributed by atoms with van der Waals surface area (Å²) < 4.78 is 59.3. The van der Waals surface area contributed by atoms with E-state index in [0.717, 1.165) is 5.56 Å². The molecule has 0 N–H and O–H groups in total. The summed E-state index contributed by atoms with van der Waals surface area (Å²) in [7, 11) is 0. The van der Waals surface area contributed by atoms with Crippen molar-refractivity contribution in [2.75, 3.05) is 0 Å². The van der Waals surface area contributed by atoms with Gasteiger partial charge in [0, 0.05) is 16.7 Å². The third-order valence-corrected chi connectivity index (χ3v) is 5.46. The van der Waals surface area contributed by atoms with E-state index in [1.54, 1.807) is 24.3 Å². The first-order valence-electron chi connectivity index (χ1n) is 9.61. The van der Waals surface area contributed by atoms with Gasteiger partial charge in [0.1, 0.15) is 0 Å². The van der Waals surface area contributed by atoms with Gasteiger partial charge in [0.15, 0.2) is 23.3 Å². The minimum atomic E-state index is -1.13. The number of halogens is 4. The molecule has 3 aromatic carbocycles.